The minimum Gasteiger partial charge on any atom is -0.350 e. The lowest BCUT2D eigenvalue weighted by Gasteiger charge is -2.23. The Morgan fingerprint density at radius 1 is 1.14 bits per heavy atom. The van der Waals surface area contributed by atoms with Crippen molar-refractivity contribution >= 4 is 28.3 Å². The molecule has 1 aliphatic heterocycles. The molecule has 2 aromatic carbocycles. The predicted molar refractivity (Wildman–Crippen MR) is 83.5 cm³/mol. The highest BCUT2D eigenvalue weighted by Gasteiger charge is 2.31. The number of carbonyl (C=O) groups is 2. The van der Waals surface area contributed by atoms with Crippen LogP contribution in [0.2, 0.25) is 0 Å². The number of hydrogen-bond acceptors (Lipinski definition) is 2. The molecule has 0 saturated carbocycles. The maximum atomic E-state index is 12.5. The van der Waals surface area contributed by atoms with Crippen LogP contribution in [0.4, 0.5) is 5.69 Å². The van der Waals surface area contributed by atoms with E-state index in [1.807, 2.05) is 57.2 Å². The van der Waals surface area contributed by atoms with Crippen LogP contribution in [-0.2, 0) is 4.79 Å². The standard InChI is InChI=1S/C17H18N2O2/c1-17(2,3)18-14(20)10-19-13-9-5-7-11-6-4-8-12(15(11)13)16(19)21/h4-9H,10H2,1-3H3,(H,18,20). The molecule has 0 bridgehead atoms. The Morgan fingerprint density at radius 3 is 2.48 bits per heavy atom. The van der Waals surface area contributed by atoms with E-state index in [2.05, 4.69) is 5.32 Å². The summed E-state index contributed by atoms with van der Waals surface area (Å²) in [7, 11) is 0. The molecule has 2 aromatic rings. The zero-order chi connectivity index (χ0) is 15.2. The highest BCUT2D eigenvalue weighted by atomic mass is 16.2. The maximum absolute atomic E-state index is 12.5. The SMILES string of the molecule is CC(C)(C)NC(=O)CN1C(=O)c2cccc3cccc1c23. The largest absolute Gasteiger partial charge is 0.350 e. The molecule has 4 nitrogen and oxygen atoms in total. The van der Waals surface area contributed by atoms with Gasteiger partial charge in [-0.3, -0.25) is 14.5 Å². The number of amides is 2. The van der Waals surface area contributed by atoms with Crippen LogP contribution < -0.4 is 10.2 Å². The fraction of sp³-hybridized carbons (Fsp3) is 0.294. The van der Waals surface area contributed by atoms with E-state index in [4.69, 9.17) is 0 Å². The zero-order valence-electron chi connectivity index (χ0n) is 12.4. The molecule has 4 heteroatoms. The molecule has 0 spiro atoms. The van der Waals surface area contributed by atoms with Gasteiger partial charge in [-0.05, 0) is 38.3 Å². The van der Waals surface area contributed by atoms with Gasteiger partial charge in [-0.1, -0.05) is 24.3 Å². The molecular formula is C17H18N2O2. The summed E-state index contributed by atoms with van der Waals surface area (Å²) in [4.78, 5) is 26.2. The molecule has 1 heterocycles. The van der Waals surface area contributed by atoms with Crippen LogP contribution in [-0.4, -0.2) is 23.9 Å². The first-order valence-corrected chi connectivity index (χ1v) is 7.01. The lowest BCUT2D eigenvalue weighted by Crippen LogP contribution is -2.46. The van der Waals surface area contributed by atoms with E-state index in [9.17, 15) is 9.59 Å². The Balaban J connectivity index is 1.95. The second kappa shape index (κ2) is 4.58. The van der Waals surface area contributed by atoms with E-state index < -0.39 is 0 Å². The zero-order valence-corrected chi connectivity index (χ0v) is 12.4. The average molecular weight is 282 g/mol. The van der Waals surface area contributed by atoms with Crippen LogP contribution in [0.3, 0.4) is 0 Å². The molecule has 0 aromatic heterocycles. The predicted octanol–water partition coefficient (Wildman–Crippen LogP) is 2.71. The van der Waals surface area contributed by atoms with Crippen molar-refractivity contribution in [3.8, 4) is 0 Å². The number of rotatable bonds is 2. The van der Waals surface area contributed by atoms with Crippen molar-refractivity contribution in [1.82, 2.24) is 5.32 Å². The third-order valence-electron chi connectivity index (χ3n) is 3.47. The van der Waals surface area contributed by atoms with Crippen LogP contribution in [0.5, 0.6) is 0 Å². The van der Waals surface area contributed by atoms with Gasteiger partial charge < -0.3 is 5.32 Å². The summed E-state index contributed by atoms with van der Waals surface area (Å²) in [6.07, 6.45) is 0. The van der Waals surface area contributed by atoms with Crippen molar-refractivity contribution in [2.24, 2.45) is 0 Å². The van der Waals surface area contributed by atoms with Crippen LogP contribution in [0.15, 0.2) is 36.4 Å². The number of nitrogens with zero attached hydrogens (tertiary/aromatic N) is 1. The number of anilines is 1. The monoisotopic (exact) mass is 282 g/mol. The van der Waals surface area contributed by atoms with E-state index in [1.165, 1.54) is 0 Å². The average Bonchev–Trinajstić information content (AvgIpc) is 2.65. The smallest absolute Gasteiger partial charge is 0.259 e. The highest BCUT2D eigenvalue weighted by molar-refractivity contribution is 6.26. The number of nitrogens with one attached hydrogen (secondary N) is 1. The second-order valence-electron chi connectivity index (χ2n) is 6.37. The summed E-state index contributed by atoms with van der Waals surface area (Å²) in [5.74, 6) is -0.258. The summed E-state index contributed by atoms with van der Waals surface area (Å²) < 4.78 is 0. The van der Waals surface area contributed by atoms with Gasteiger partial charge in [-0.2, -0.15) is 0 Å². The van der Waals surface area contributed by atoms with E-state index in [0.29, 0.717) is 5.56 Å². The molecule has 0 atom stereocenters. The van der Waals surface area contributed by atoms with Crippen LogP contribution in [0.1, 0.15) is 31.1 Å². The molecule has 0 aliphatic carbocycles. The van der Waals surface area contributed by atoms with Crippen molar-refractivity contribution < 1.29 is 9.59 Å². The van der Waals surface area contributed by atoms with Crippen LogP contribution in [0.25, 0.3) is 10.8 Å². The fourth-order valence-corrected chi connectivity index (χ4v) is 2.74. The van der Waals surface area contributed by atoms with Gasteiger partial charge in [-0.25, -0.2) is 0 Å². The van der Waals surface area contributed by atoms with Crippen molar-refractivity contribution in [3.05, 3.63) is 42.0 Å². The van der Waals surface area contributed by atoms with E-state index in [0.717, 1.165) is 16.5 Å². The molecule has 1 aliphatic rings. The molecule has 1 N–H and O–H groups in total. The lowest BCUT2D eigenvalue weighted by atomic mass is 10.1. The number of carbonyl (C=O) groups excluding carboxylic acids is 2. The third kappa shape index (κ3) is 2.37. The first-order chi connectivity index (χ1) is 9.87. The van der Waals surface area contributed by atoms with Gasteiger partial charge in [0.1, 0.15) is 6.54 Å². The maximum Gasteiger partial charge on any atom is 0.259 e. The highest BCUT2D eigenvalue weighted by Crippen LogP contribution is 2.36. The molecular weight excluding hydrogens is 264 g/mol. The van der Waals surface area contributed by atoms with Crippen molar-refractivity contribution in [2.45, 2.75) is 26.3 Å². The molecule has 0 radical (unpaired) electrons. The van der Waals surface area contributed by atoms with Crippen molar-refractivity contribution in [2.75, 3.05) is 11.4 Å². The first-order valence-electron chi connectivity index (χ1n) is 7.01. The van der Waals surface area contributed by atoms with Gasteiger partial charge in [0.2, 0.25) is 5.91 Å². The molecule has 0 fully saturated rings. The molecule has 0 unspecified atom stereocenters. The van der Waals surface area contributed by atoms with Gasteiger partial charge >= 0.3 is 0 Å². The van der Waals surface area contributed by atoms with Crippen LogP contribution in [0, 0.1) is 0 Å². The van der Waals surface area contributed by atoms with Gasteiger partial charge in [0.05, 0.1) is 5.69 Å². The van der Waals surface area contributed by atoms with E-state index in [1.54, 1.807) is 4.90 Å². The van der Waals surface area contributed by atoms with Gasteiger partial charge in [0.15, 0.2) is 0 Å². The van der Waals surface area contributed by atoms with Crippen molar-refractivity contribution in [1.29, 1.82) is 0 Å². The molecule has 3 rings (SSSR count). The molecule has 0 saturated heterocycles. The van der Waals surface area contributed by atoms with Gasteiger partial charge in [0.25, 0.3) is 5.91 Å². The Labute approximate surface area is 123 Å². The molecule has 2 amide bonds. The van der Waals surface area contributed by atoms with Gasteiger partial charge in [-0.15, -0.1) is 0 Å². The Bertz CT molecular complexity index is 739. The van der Waals surface area contributed by atoms with Gasteiger partial charge in [0, 0.05) is 16.5 Å². The normalized spacial score (nSPS) is 13.9. The quantitative estimate of drug-likeness (QED) is 0.920. The minimum atomic E-state index is -0.307. The van der Waals surface area contributed by atoms with Crippen molar-refractivity contribution in [3.63, 3.8) is 0 Å². The first kappa shape index (κ1) is 13.6. The Hall–Kier alpha value is -2.36. The molecule has 21 heavy (non-hydrogen) atoms. The van der Waals surface area contributed by atoms with E-state index >= 15 is 0 Å². The third-order valence-corrected chi connectivity index (χ3v) is 3.47. The molecule has 108 valence electrons. The summed E-state index contributed by atoms with van der Waals surface area (Å²) >= 11 is 0. The Kier molecular flexibility index (Phi) is 2.97. The number of hydrogen-bond donors (Lipinski definition) is 1. The summed E-state index contributed by atoms with van der Waals surface area (Å²) in [6, 6.07) is 11.5. The second-order valence-corrected chi connectivity index (χ2v) is 6.37. The Morgan fingerprint density at radius 2 is 1.81 bits per heavy atom. The summed E-state index contributed by atoms with van der Waals surface area (Å²) in [6.45, 7) is 5.81. The summed E-state index contributed by atoms with van der Waals surface area (Å²) in [5.41, 5.74) is 1.18. The fourth-order valence-electron chi connectivity index (χ4n) is 2.74. The summed E-state index contributed by atoms with van der Waals surface area (Å²) in [5, 5.41) is 4.86. The topological polar surface area (TPSA) is 49.4 Å². The van der Waals surface area contributed by atoms with Crippen LogP contribution >= 0.6 is 0 Å². The lowest BCUT2D eigenvalue weighted by molar-refractivity contribution is -0.121. The number of benzene rings is 2. The van der Waals surface area contributed by atoms with E-state index in [-0.39, 0.29) is 23.9 Å². The minimum absolute atomic E-state index is 0.0455.